The first-order valence-electron chi connectivity index (χ1n) is 11.3. The van der Waals surface area contributed by atoms with Crippen molar-refractivity contribution in [3.05, 3.63) is 84.6 Å². The molecule has 3 aromatic carbocycles. The van der Waals surface area contributed by atoms with Crippen LogP contribution in [0.1, 0.15) is 5.56 Å². The van der Waals surface area contributed by atoms with Crippen molar-refractivity contribution in [1.29, 1.82) is 0 Å². The molecule has 0 atom stereocenters. The number of pyridine rings is 1. The molecular weight excluding hydrogens is 422 g/mol. The van der Waals surface area contributed by atoms with E-state index in [0.29, 0.717) is 0 Å². The van der Waals surface area contributed by atoms with Gasteiger partial charge in [-0.2, -0.15) is 0 Å². The van der Waals surface area contributed by atoms with Gasteiger partial charge in [-0.25, -0.2) is 9.97 Å². The minimum atomic E-state index is -1.44. The van der Waals surface area contributed by atoms with Gasteiger partial charge in [0.1, 0.15) is 11.2 Å². The summed E-state index contributed by atoms with van der Waals surface area (Å²) >= 11 is 0. The van der Waals surface area contributed by atoms with Crippen molar-refractivity contribution in [1.82, 2.24) is 14.5 Å². The van der Waals surface area contributed by atoms with E-state index in [-0.39, 0.29) is 0 Å². The highest BCUT2D eigenvalue weighted by atomic mass is 28.3. The maximum absolute atomic E-state index is 6.54. The highest BCUT2D eigenvalue weighted by molar-refractivity contribution is 6.88. The minimum Gasteiger partial charge on any atom is -0.455 e. The summed E-state index contributed by atoms with van der Waals surface area (Å²) in [6, 6.07) is 25.4. The Labute approximate surface area is 193 Å². The van der Waals surface area contributed by atoms with E-state index in [1.54, 1.807) is 0 Å². The molecule has 0 unspecified atom stereocenters. The van der Waals surface area contributed by atoms with Gasteiger partial charge in [0.2, 0.25) is 0 Å². The summed E-state index contributed by atoms with van der Waals surface area (Å²) in [5, 5.41) is 3.65. The van der Waals surface area contributed by atoms with Crippen LogP contribution in [-0.2, 0) is 0 Å². The highest BCUT2D eigenvalue weighted by Crippen LogP contribution is 2.37. The molecule has 162 valence electrons. The van der Waals surface area contributed by atoms with Crippen LogP contribution in [0.25, 0.3) is 50.2 Å². The van der Waals surface area contributed by atoms with E-state index < -0.39 is 8.07 Å². The number of rotatable bonds is 3. The van der Waals surface area contributed by atoms with Crippen LogP contribution >= 0.6 is 0 Å². The molecule has 0 fully saturated rings. The Morgan fingerprint density at radius 2 is 1.67 bits per heavy atom. The maximum Gasteiger partial charge on any atom is 0.178 e. The Morgan fingerprint density at radius 1 is 0.848 bits per heavy atom. The molecule has 6 aromatic rings. The maximum atomic E-state index is 6.54. The van der Waals surface area contributed by atoms with Crippen LogP contribution < -0.4 is 5.19 Å². The monoisotopic (exact) mass is 447 g/mol. The van der Waals surface area contributed by atoms with Crippen molar-refractivity contribution in [2.24, 2.45) is 0 Å². The fourth-order valence-electron chi connectivity index (χ4n) is 4.60. The first-order chi connectivity index (χ1) is 15.9. The summed E-state index contributed by atoms with van der Waals surface area (Å²) in [6.45, 7) is 9.19. The predicted molar refractivity (Wildman–Crippen MR) is 139 cm³/mol. The summed E-state index contributed by atoms with van der Waals surface area (Å²) in [6.07, 6.45) is 1.82. The summed E-state index contributed by atoms with van der Waals surface area (Å²) in [7, 11) is -1.44. The lowest BCUT2D eigenvalue weighted by molar-refractivity contribution is 0.669. The number of hydrogen-bond acceptors (Lipinski definition) is 3. The van der Waals surface area contributed by atoms with E-state index in [1.165, 1.54) is 5.19 Å². The first kappa shape index (κ1) is 19.9. The molecule has 4 nitrogen and oxygen atoms in total. The average molecular weight is 448 g/mol. The van der Waals surface area contributed by atoms with Gasteiger partial charge >= 0.3 is 0 Å². The summed E-state index contributed by atoms with van der Waals surface area (Å²) < 4.78 is 8.74. The number of aromatic nitrogens is 3. The van der Waals surface area contributed by atoms with E-state index >= 15 is 0 Å². The van der Waals surface area contributed by atoms with E-state index in [4.69, 9.17) is 9.40 Å². The Kier molecular flexibility index (Phi) is 4.32. The molecule has 0 N–H and O–H groups in total. The predicted octanol–water partition coefficient (Wildman–Crippen LogP) is 6.84. The summed E-state index contributed by atoms with van der Waals surface area (Å²) in [5.41, 5.74) is 6.73. The van der Waals surface area contributed by atoms with E-state index in [2.05, 4.69) is 96.8 Å². The summed E-state index contributed by atoms with van der Waals surface area (Å²) in [4.78, 5) is 9.57. The number of nitrogens with zero attached hydrogens (tertiary/aromatic N) is 3. The fraction of sp³-hybridized carbons (Fsp3) is 0.143. The normalized spacial score (nSPS) is 12.2. The second-order valence-corrected chi connectivity index (χ2v) is 14.7. The van der Waals surface area contributed by atoms with Crippen molar-refractivity contribution in [3.8, 4) is 17.1 Å². The van der Waals surface area contributed by atoms with Gasteiger partial charge in [0.05, 0.1) is 19.2 Å². The van der Waals surface area contributed by atoms with Gasteiger partial charge in [0, 0.05) is 22.7 Å². The van der Waals surface area contributed by atoms with Crippen molar-refractivity contribution in [2.75, 3.05) is 0 Å². The topological polar surface area (TPSA) is 43.9 Å². The summed E-state index contributed by atoms with van der Waals surface area (Å²) in [5.74, 6) is 0.841. The second-order valence-electron chi connectivity index (χ2n) is 9.65. The molecule has 0 saturated carbocycles. The second kappa shape index (κ2) is 7.15. The molecule has 0 amide bonds. The van der Waals surface area contributed by atoms with Gasteiger partial charge < -0.3 is 4.42 Å². The Morgan fingerprint density at radius 3 is 2.45 bits per heavy atom. The van der Waals surface area contributed by atoms with Gasteiger partial charge in [0.15, 0.2) is 11.5 Å². The molecule has 0 spiro atoms. The van der Waals surface area contributed by atoms with Crippen LogP contribution in [0.5, 0.6) is 0 Å². The van der Waals surface area contributed by atoms with Gasteiger partial charge in [0.25, 0.3) is 0 Å². The van der Waals surface area contributed by atoms with Crippen molar-refractivity contribution >= 4 is 46.4 Å². The standard InChI is InChI=1S/C28H25N3OSi/c1-18-15-16-29-27-25(18)31(19-9-6-5-7-10-19)28(30-27)23-12-8-11-22-21-14-13-20(33(2,3)4)17-24(21)32-26(22)23/h5-17H,1-4H3. The Balaban J connectivity index is 1.69. The number of para-hydroxylation sites is 2. The van der Waals surface area contributed by atoms with Crippen LogP contribution in [0.15, 0.2) is 83.4 Å². The fourth-order valence-corrected chi connectivity index (χ4v) is 5.75. The molecule has 0 radical (unpaired) electrons. The van der Waals surface area contributed by atoms with Gasteiger partial charge in [-0.05, 0) is 42.8 Å². The third-order valence-electron chi connectivity index (χ3n) is 6.37. The van der Waals surface area contributed by atoms with E-state index in [0.717, 1.165) is 55.7 Å². The zero-order valence-electron chi connectivity index (χ0n) is 19.3. The zero-order chi connectivity index (χ0) is 22.7. The first-order valence-corrected chi connectivity index (χ1v) is 14.8. The molecule has 33 heavy (non-hydrogen) atoms. The molecule has 0 aliphatic carbocycles. The zero-order valence-corrected chi connectivity index (χ0v) is 20.3. The number of aryl methyl sites for hydroxylation is 1. The lowest BCUT2D eigenvalue weighted by Crippen LogP contribution is -2.37. The highest BCUT2D eigenvalue weighted by Gasteiger charge is 2.22. The number of furan rings is 1. The molecule has 3 aromatic heterocycles. The van der Waals surface area contributed by atoms with Crippen LogP contribution in [0.2, 0.25) is 19.6 Å². The lowest BCUT2D eigenvalue weighted by atomic mass is 10.1. The molecular formula is C28H25N3OSi. The molecule has 0 saturated heterocycles. The molecule has 0 aliphatic heterocycles. The van der Waals surface area contributed by atoms with E-state index in [1.807, 2.05) is 18.3 Å². The van der Waals surface area contributed by atoms with Crippen molar-refractivity contribution < 1.29 is 4.42 Å². The SMILES string of the molecule is Cc1ccnc2nc(-c3cccc4c3oc3cc([Si](C)(C)C)ccc34)n(-c3ccccc3)c12. The largest absolute Gasteiger partial charge is 0.455 e. The van der Waals surface area contributed by atoms with Gasteiger partial charge in [-0.1, -0.05) is 67.3 Å². The average Bonchev–Trinajstić information content (AvgIpc) is 3.38. The van der Waals surface area contributed by atoms with Crippen molar-refractivity contribution in [3.63, 3.8) is 0 Å². The minimum absolute atomic E-state index is 0.739. The number of fused-ring (bicyclic) bond motifs is 4. The Hall–Kier alpha value is -3.70. The van der Waals surface area contributed by atoms with Gasteiger partial charge in [-0.15, -0.1) is 0 Å². The number of imidazole rings is 1. The molecule has 0 aliphatic rings. The van der Waals surface area contributed by atoms with Crippen LogP contribution in [0, 0.1) is 6.92 Å². The van der Waals surface area contributed by atoms with Crippen LogP contribution in [0.4, 0.5) is 0 Å². The molecule has 3 heterocycles. The van der Waals surface area contributed by atoms with Crippen LogP contribution in [0.3, 0.4) is 0 Å². The van der Waals surface area contributed by atoms with E-state index in [9.17, 15) is 0 Å². The third kappa shape index (κ3) is 3.11. The molecule has 0 bridgehead atoms. The van der Waals surface area contributed by atoms with Gasteiger partial charge in [-0.3, -0.25) is 4.57 Å². The number of hydrogen-bond donors (Lipinski definition) is 0. The molecule has 6 rings (SSSR count). The Bertz CT molecular complexity index is 1660. The number of benzene rings is 3. The smallest absolute Gasteiger partial charge is 0.178 e. The quantitative estimate of drug-likeness (QED) is 0.279. The molecule has 5 heteroatoms. The van der Waals surface area contributed by atoms with Crippen LogP contribution in [-0.4, -0.2) is 22.6 Å². The third-order valence-corrected chi connectivity index (χ3v) is 8.42. The lowest BCUT2D eigenvalue weighted by Gasteiger charge is -2.15. The van der Waals surface area contributed by atoms with Crippen molar-refractivity contribution in [2.45, 2.75) is 26.6 Å².